The van der Waals surface area contributed by atoms with Gasteiger partial charge in [0.2, 0.25) is 10.0 Å². The molecule has 4 N–H and O–H groups in total. The lowest BCUT2D eigenvalue weighted by molar-refractivity contribution is 0.128. The monoisotopic (exact) mass is 318 g/mol. The Morgan fingerprint density at radius 2 is 2.00 bits per heavy atom. The number of rotatable bonds is 9. The van der Waals surface area contributed by atoms with Crippen molar-refractivity contribution < 1.29 is 13.2 Å². The third-order valence-electron chi connectivity index (χ3n) is 2.58. The molecule has 1 aromatic heterocycles. The van der Waals surface area contributed by atoms with Gasteiger partial charge in [0.25, 0.3) is 0 Å². The van der Waals surface area contributed by atoms with Crippen LogP contribution in [0.4, 0.5) is 11.6 Å². The molecule has 0 atom stereocenters. The summed E-state index contributed by atoms with van der Waals surface area (Å²) in [6, 6.07) is 1.59. The third kappa shape index (κ3) is 5.79. The summed E-state index contributed by atoms with van der Waals surface area (Å²) in [4.78, 5) is 8.37. The number of nitrogen functional groups attached to an aromatic ring is 1. The highest BCUT2D eigenvalue weighted by atomic mass is 32.2. The van der Waals surface area contributed by atoms with Gasteiger partial charge in [0.1, 0.15) is 18.2 Å². The number of sulfonamides is 1. The normalized spacial score (nSPS) is 11.7. The average Bonchev–Trinajstić information content (AvgIpc) is 2.44. The van der Waals surface area contributed by atoms with Crippen molar-refractivity contribution in [1.29, 1.82) is 0 Å². The van der Waals surface area contributed by atoms with Crippen molar-refractivity contribution in [3.63, 3.8) is 0 Å². The van der Waals surface area contributed by atoms with Crippen LogP contribution in [0.5, 0.6) is 0 Å². The van der Waals surface area contributed by atoms with Crippen molar-refractivity contribution in [1.82, 2.24) is 14.3 Å². The number of nitrogens with two attached hydrogens (primary N) is 1. The van der Waals surface area contributed by atoms with Crippen LogP contribution in [0, 0.1) is 0 Å². The van der Waals surface area contributed by atoms with E-state index in [1.807, 2.05) is 6.92 Å². The van der Waals surface area contributed by atoms with Crippen LogP contribution in [0.3, 0.4) is 0 Å². The standard InChI is InChI=1S/C11H22N6O3S/c1-4-20-8-11-14-9(7-10(15-11)16-12)13-5-6-21(18,19)17(2)3/h7H,4-6,8,12H2,1-3H3,(H2,13,14,15,16). The van der Waals surface area contributed by atoms with E-state index in [0.717, 1.165) is 0 Å². The lowest BCUT2D eigenvalue weighted by atomic mass is 10.5. The Balaban J connectivity index is 2.69. The summed E-state index contributed by atoms with van der Waals surface area (Å²) in [5, 5.41) is 2.94. The maximum absolute atomic E-state index is 11.7. The Morgan fingerprint density at radius 3 is 2.57 bits per heavy atom. The Morgan fingerprint density at radius 1 is 1.33 bits per heavy atom. The topological polar surface area (TPSA) is 122 Å². The number of hydrazine groups is 1. The molecule has 0 bridgehead atoms. The van der Waals surface area contributed by atoms with Crippen molar-refractivity contribution in [2.24, 2.45) is 5.84 Å². The molecule has 0 unspecified atom stereocenters. The van der Waals surface area contributed by atoms with Crippen LogP contribution >= 0.6 is 0 Å². The summed E-state index contributed by atoms with van der Waals surface area (Å²) >= 11 is 0. The van der Waals surface area contributed by atoms with E-state index in [9.17, 15) is 8.42 Å². The van der Waals surface area contributed by atoms with Crippen molar-refractivity contribution >= 4 is 21.7 Å². The Hall–Kier alpha value is -1.49. The highest BCUT2D eigenvalue weighted by molar-refractivity contribution is 7.89. The van der Waals surface area contributed by atoms with E-state index in [2.05, 4.69) is 20.7 Å². The molecule has 0 aliphatic heterocycles. The van der Waals surface area contributed by atoms with E-state index < -0.39 is 10.0 Å². The number of anilines is 2. The van der Waals surface area contributed by atoms with Gasteiger partial charge < -0.3 is 15.5 Å². The molecule has 0 aliphatic rings. The van der Waals surface area contributed by atoms with Crippen LogP contribution in [-0.4, -0.2) is 55.7 Å². The van der Waals surface area contributed by atoms with E-state index in [4.69, 9.17) is 10.6 Å². The number of nitrogens with zero attached hydrogens (tertiary/aromatic N) is 3. The van der Waals surface area contributed by atoms with Gasteiger partial charge in [-0.3, -0.25) is 0 Å². The molecule has 21 heavy (non-hydrogen) atoms. The first-order valence-corrected chi connectivity index (χ1v) is 8.06. The van der Waals surface area contributed by atoms with Crippen LogP contribution in [-0.2, 0) is 21.4 Å². The van der Waals surface area contributed by atoms with E-state index >= 15 is 0 Å². The molecular weight excluding hydrogens is 296 g/mol. The lowest BCUT2D eigenvalue weighted by Crippen LogP contribution is -2.28. The van der Waals surface area contributed by atoms with Gasteiger partial charge >= 0.3 is 0 Å². The molecule has 1 heterocycles. The van der Waals surface area contributed by atoms with Gasteiger partial charge in [-0.1, -0.05) is 0 Å². The van der Waals surface area contributed by atoms with Crippen LogP contribution in [0.1, 0.15) is 12.7 Å². The predicted molar refractivity (Wildman–Crippen MR) is 81.1 cm³/mol. The summed E-state index contributed by atoms with van der Waals surface area (Å²) in [5.41, 5.74) is 2.44. The molecule has 120 valence electrons. The zero-order chi connectivity index (χ0) is 15.9. The molecule has 0 radical (unpaired) electrons. The molecule has 0 spiro atoms. The summed E-state index contributed by atoms with van der Waals surface area (Å²) in [6.45, 7) is 2.91. The molecule has 0 saturated carbocycles. The fourth-order valence-corrected chi connectivity index (χ4v) is 2.14. The number of hydrogen-bond acceptors (Lipinski definition) is 8. The van der Waals surface area contributed by atoms with Gasteiger partial charge in [0.05, 0.1) is 5.75 Å². The van der Waals surface area contributed by atoms with Crippen molar-refractivity contribution in [3.8, 4) is 0 Å². The van der Waals surface area contributed by atoms with E-state index in [-0.39, 0.29) is 18.9 Å². The lowest BCUT2D eigenvalue weighted by Gasteiger charge is -2.13. The summed E-state index contributed by atoms with van der Waals surface area (Å²) in [6.07, 6.45) is 0. The van der Waals surface area contributed by atoms with Gasteiger partial charge in [-0.15, -0.1) is 0 Å². The first-order valence-electron chi connectivity index (χ1n) is 6.45. The summed E-state index contributed by atoms with van der Waals surface area (Å²) in [5.74, 6) is 6.69. The van der Waals surface area contributed by atoms with Crippen molar-refractivity contribution in [3.05, 3.63) is 11.9 Å². The predicted octanol–water partition coefficient (Wildman–Crippen LogP) is -0.398. The molecule has 0 saturated heterocycles. The van der Waals surface area contributed by atoms with Crippen LogP contribution in [0.25, 0.3) is 0 Å². The van der Waals surface area contributed by atoms with E-state index in [1.165, 1.54) is 18.4 Å². The zero-order valence-electron chi connectivity index (χ0n) is 12.5. The average molecular weight is 318 g/mol. The maximum atomic E-state index is 11.7. The zero-order valence-corrected chi connectivity index (χ0v) is 13.3. The summed E-state index contributed by atoms with van der Waals surface area (Å²) in [7, 11) is -0.253. The molecular formula is C11H22N6O3S. The molecule has 1 aromatic rings. The number of nitrogens with one attached hydrogen (secondary N) is 2. The highest BCUT2D eigenvalue weighted by Gasteiger charge is 2.13. The van der Waals surface area contributed by atoms with E-state index in [0.29, 0.717) is 24.1 Å². The SMILES string of the molecule is CCOCc1nc(NN)cc(NCCS(=O)(=O)N(C)C)n1. The molecule has 1 rings (SSSR count). The molecule has 10 heteroatoms. The minimum Gasteiger partial charge on any atom is -0.374 e. The van der Waals surface area contributed by atoms with Gasteiger partial charge in [0, 0.05) is 33.3 Å². The van der Waals surface area contributed by atoms with Crippen molar-refractivity contribution in [2.75, 3.05) is 43.7 Å². The Bertz CT molecular complexity index is 549. The van der Waals surface area contributed by atoms with Crippen molar-refractivity contribution in [2.45, 2.75) is 13.5 Å². The van der Waals surface area contributed by atoms with Gasteiger partial charge in [-0.25, -0.2) is 28.5 Å². The van der Waals surface area contributed by atoms with Crippen LogP contribution in [0.2, 0.25) is 0 Å². The highest BCUT2D eigenvalue weighted by Crippen LogP contribution is 2.11. The Labute approximate surface area is 124 Å². The third-order valence-corrected chi connectivity index (χ3v) is 4.41. The molecule has 9 nitrogen and oxygen atoms in total. The fraction of sp³-hybridized carbons (Fsp3) is 0.636. The maximum Gasteiger partial charge on any atom is 0.215 e. The minimum absolute atomic E-state index is 0.0316. The largest absolute Gasteiger partial charge is 0.374 e. The first kappa shape index (κ1) is 17.6. The molecule has 0 fully saturated rings. The minimum atomic E-state index is -3.25. The smallest absolute Gasteiger partial charge is 0.215 e. The first-order chi connectivity index (χ1) is 9.89. The number of hydrogen-bond donors (Lipinski definition) is 3. The fourth-order valence-electron chi connectivity index (χ4n) is 1.41. The summed E-state index contributed by atoms with van der Waals surface area (Å²) < 4.78 is 29.7. The number of aromatic nitrogens is 2. The Kier molecular flexibility index (Phi) is 6.75. The quantitative estimate of drug-likeness (QED) is 0.415. The second-order valence-electron chi connectivity index (χ2n) is 4.36. The number of ether oxygens (including phenoxy) is 1. The van der Waals surface area contributed by atoms with Gasteiger partial charge in [-0.2, -0.15) is 0 Å². The van der Waals surface area contributed by atoms with Crippen LogP contribution in [0.15, 0.2) is 6.07 Å². The molecule has 0 aromatic carbocycles. The molecule has 0 aliphatic carbocycles. The molecule has 0 amide bonds. The second-order valence-corrected chi connectivity index (χ2v) is 6.66. The van der Waals surface area contributed by atoms with Crippen LogP contribution < -0.4 is 16.6 Å². The van der Waals surface area contributed by atoms with E-state index in [1.54, 1.807) is 6.07 Å². The van der Waals surface area contributed by atoms with Gasteiger partial charge in [0.15, 0.2) is 5.82 Å². The van der Waals surface area contributed by atoms with Gasteiger partial charge in [-0.05, 0) is 6.92 Å². The second kappa shape index (κ2) is 8.08.